The number of halogens is 5. The standard InChI is InChI=1S/C18H10Cl2F3N5OS/c19-12-4-13(20)15(30-8-18(21,22)23)5-14(12)27-9-25-16-11(17(27)29)7-28(26-16)10-2-1-3-24-6-10/h1-7,9H,8H2. The van der Waals surface area contributed by atoms with Gasteiger partial charge in [-0.25, -0.2) is 9.67 Å². The van der Waals surface area contributed by atoms with Crippen molar-refractivity contribution < 1.29 is 13.2 Å². The number of alkyl halides is 3. The normalized spacial score (nSPS) is 11.9. The molecule has 0 N–H and O–H groups in total. The molecule has 0 aliphatic carbocycles. The molecule has 0 bridgehead atoms. The summed E-state index contributed by atoms with van der Waals surface area (Å²) in [6.07, 6.45) is 1.53. The number of thioether (sulfide) groups is 1. The third kappa shape index (κ3) is 4.16. The maximum atomic E-state index is 13.0. The van der Waals surface area contributed by atoms with Gasteiger partial charge in [-0.3, -0.25) is 14.3 Å². The monoisotopic (exact) mass is 471 g/mol. The molecule has 0 aliphatic rings. The number of rotatable bonds is 4. The second-order valence-electron chi connectivity index (χ2n) is 6.08. The molecular formula is C18H10Cl2F3N5OS. The second kappa shape index (κ2) is 7.93. The molecular weight excluding hydrogens is 462 g/mol. The summed E-state index contributed by atoms with van der Waals surface area (Å²) in [5.74, 6) is -1.13. The third-order valence-corrected chi connectivity index (χ3v) is 5.85. The SMILES string of the molecule is O=c1c2cn(-c3cccnc3)nc2ncn1-c1cc(SCC(F)(F)F)c(Cl)cc1Cl. The van der Waals surface area contributed by atoms with E-state index in [-0.39, 0.29) is 31.7 Å². The van der Waals surface area contributed by atoms with E-state index in [2.05, 4.69) is 15.1 Å². The number of nitrogens with zero attached hydrogens (tertiary/aromatic N) is 5. The van der Waals surface area contributed by atoms with Crippen molar-refractivity contribution in [2.45, 2.75) is 11.1 Å². The van der Waals surface area contributed by atoms with Crippen LogP contribution in [0.5, 0.6) is 0 Å². The molecule has 0 radical (unpaired) electrons. The predicted molar refractivity (Wildman–Crippen MR) is 109 cm³/mol. The molecule has 0 amide bonds. The zero-order chi connectivity index (χ0) is 21.5. The van der Waals surface area contributed by atoms with Gasteiger partial charge in [-0.2, -0.15) is 13.2 Å². The number of hydrogen-bond acceptors (Lipinski definition) is 5. The Balaban J connectivity index is 1.79. The Labute approximate surface area is 181 Å². The molecule has 12 heteroatoms. The molecule has 0 atom stereocenters. The number of hydrogen-bond donors (Lipinski definition) is 0. The molecule has 30 heavy (non-hydrogen) atoms. The van der Waals surface area contributed by atoms with Crippen LogP contribution < -0.4 is 5.56 Å². The third-order valence-electron chi connectivity index (χ3n) is 4.00. The predicted octanol–water partition coefficient (Wildman–Crippen LogP) is 4.93. The first-order chi connectivity index (χ1) is 14.2. The van der Waals surface area contributed by atoms with E-state index in [0.717, 1.165) is 4.57 Å². The van der Waals surface area contributed by atoms with E-state index >= 15 is 0 Å². The highest BCUT2D eigenvalue weighted by atomic mass is 35.5. The Bertz CT molecular complexity index is 1290. The lowest BCUT2D eigenvalue weighted by atomic mass is 10.3. The van der Waals surface area contributed by atoms with Crippen molar-refractivity contribution in [3.63, 3.8) is 0 Å². The summed E-state index contributed by atoms with van der Waals surface area (Å²) in [6.45, 7) is 0. The van der Waals surface area contributed by atoms with Gasteiger partial charge in [-0.1, -0.05) is 23.2 Å². The average Bonchev–Trinajstić information content (AvgIpc) is 3.13. The minimum absolute atomic E-state index is 0.0597. The highest BCUT2D eigenvalue weighted by Crippen LogP contribution is 2.36. The first kappa shape index (κ1) is 20.7. The maximum Gasteiger partial charge on any atom is 0.398 e. The quantitative estimate of drug-likeness (QED) is 0.395. The van der Waals surface area contributed by atoms with E-state index in [4.69, 9.17) is 23.2 Å². The van der Waals surface area contributed by atoms with E-state index in [1.54, 1.807) is 24.5 Å². The summed E-state index contributed by atoms with van der Waals surface area (Å²) in [7, 11) is 0. The van der Waals surface area contributed by atoms with Gasteiger partial charge in [0.05, 0.1) is 33.4 Å². The molecule has 154 valence electrons. The second-order valence-corrected chi connectivity index (χ2v) is 7.91. The Morgan fingerprint density at radius 3 is 2.67 bits per heavy atom. The number of fused-ring (bicyclic) bond motifs is 1. The van der Waals surface area contributed by atoms with Crippen LogP contribution in [0.3, 0.4) is 0 Å². The van der Waals surface area contributed by atoms with Crippen LogP contribution in [0.15, 0.2) is 58.9 Å². The lowest BCUT2D eigenvalue weighted by molar-refractivity contribution is -0.105. The average molecular weight is 472 g/mol. The van der Waals surface area contributed by atoms with Crippen LogP contribution in [0, 0.1) is 0 Å². The van der Waals surface area contributed by atoms with Crippen LogP contribution in [0.1, 0.15) is 0 Å². The first-order valence-electron chi connectivity index (χ1n) is 8.29. The van der Waals surface area contributed by atoms with Gasteiger partial charge in [0, 0.05) is 17.3 Å². The molecule has 1 aromatic carbocycles. The van der Waals surface area contributed by atoms with Crippen LogP contribution in [0.4, 0.5) is 13.2 Å². The fourth-order valence-corrected chi connectivity index (χ4v) is 4.02. The summed E-state index contributed by atoms with van der Waals surface area (Å²) in [5.41, 5.74) is 0.527. The molecule has 6 nitrogen and oxygen atoms in total. The van der Waals surface area contributed by atoms with Crippen LogP contribution in [-0.2, 0) is 0 Å². The molecule has 4 aromatic rings. The number of pyridine rings is 1. The van der Waals surface area contributed by atoms with Crippen molar-refractivity contribution in [1.82, 2.24) is 24.3 Å². The van der Waals surface area contributed by atoms with E-state index in [1.165, 1.54) is 29.3 Å². The van der Waals surface area contributed by atoms with Crippen LogP contribution in [-0.4, -0.2) is 36.2 Å². The summed E-state index contributed by atoms with van der Waals surface area (Å²) in [4.78, 5) is 21.3. The van der Waals surface area contributed by atoms with E-state index in [1.807, 2.05) is 0 Å². The Hall–Kier alpha value is -2.56. The molecule has 0 saturated carbocycles. The lowest BCUT2D eigenvalue weighted by Gasteiger charge is -2.12. The van der Waals surface area contributed by atoms with Crippen molar-refractivity contribution >= 4 is 46.0 Å². The summed E-state index contributed by atoms with van der Waals surface area (Å²) < 4.78 is 40.4. The van der Waals surface area contributed by atoms with E-state index < -0.39 is 17.5 Å². The maximum absolute atomic E-state index is 13.0. The summed E-state index contributed by atoms with van der Waals surface area (Å²) >= 11 is 12.8. The van der Waals surface area contributed by atoms with Gasteiger partial charge in [0.2, 0.25) is 0 Å². The van der Waals surface area contributed by atoms with Gasteiger partial charge in [0.25, 0.3) is 5.56 Å². The Kier molecular flexibility index (Phi) is 5.48. The van der Waals surface area contributed by atoms with Gasteiger partial charge in [0.1, 0.15) is 11.7 Å². The lowest BCUT2D eigenvalue weighted by Crippen LogP contribution is -2.18. The minimum Gasteiger partial charge on any atom is -0.268 e. The van der Waals surface area contributed by atoms with Crippen molar-refractivity contribution in [3.05, 3.63) is 69.6 Å². The van der Waals surface area contributed by atoms with Crippen LogP contribution in [0.25, 0.3) is 22.4 Å². The molecule has 4 rings (SSSR count). The summed E-state index contributed by atoms with van der Waals surface area (Å²) in [5, 5.41) is 4.62. The van der Waals surface area contributed by atoms with Gasteiger partial charge < -0.3 is 0 Å². The van der Waals surface area contributed by atoms with Gasteiger partial charge in [-0.05, 0) is 24.3 Å². The highest BCUT2D eigenvalue weighted by molar-refractivity contribution is 7.99. The molecule has 3 heterocycles. The van der Waals surface area contributed by atoms with Crippen molar-refractivity contribution in [1.29, 1.82) is 0 Å². The van der Waals surface area contributed by atoms with E-state index in [0.29, 0.717) is 17.4 Å². The summed E-state index contributed by atoms with van der Waals surface area (Å²) in [6, 6.07) is 6.12. The molecule has 0 spiro atoms. The Morgan fingerprint density at radius 1 is 1.17 bits per heavy atom. The molecule has 0 saturated heterocycles. The number of benzene rings is 1. The minimum atomic E-state index is -4.37. The largest absolute Gasteiger partial charge is 0.398 e. The smallest absolute Gasteiger partial charge is 0.268 e. The van der Waals surface area contributed by atoms with Gasteiger partial charge in [0.15, 0.2) is 5.65 Å². The van der Waals surface area contributed by atoms with Gasteiger partial charge >= 0.3 is 6.18 Å². The van der Waals surface area contributed by atoms with E-state index in [9.17, 15) is 18.0 Å². The van der Waals surface area contributed by atoms with Gasteiger partial charge in [-0.15, -0.1) is 16.9 Å². The van der Waals surface area contributed by atoms with Crippen LogP contribution in [0.2, 0.25) is 10.0 Å². The van der Waals surface area contributed by atoms with Crippen molar-refractivity contribution in [2.24, 2.45) is 0 Å². The fourth-order valence-electron chi connectivity index (χ4n) is 2.67. The topological polar surface area (TPSA) is 65.6 Å². The zero-order valence-corrected chi connectivity index (χ0v) is 17.1. The Morgan fingerprint density at radius 2 is 1.97 bits per heavy atom. The molecule has 3 aromatic heterocycles. The van der Waals surface area contributed by atoms with Crippen molar-refractivity contribution in [2.75, 3.05) is 5.75 Å². The highest BCUT2D eigenvalue weighted by Gasteiger charge is 2.28. The molecule has 0 aliphatic heterocycles. The first-order valence-corrected chi connectivity index (χ1v) is 10.0. The molecule has 0 fully saturated rings. The zero-order valence-electron chi connectivity index (χ0n) is 14.8. The van der Waals surface area contributed by atoms with Crippen molar-refractivity contribution in [3.8, 4) is 11.4 Å². The molecule has 0 unspecified atom stereocenters. The van der Waals surface area contributed by atoms with Crippen LogP contribution >= 0.6 is 35.0 Å². The fraction of sp³-hybridized carbons (Fsp3) is 0.111. The number of aromatic nitrogens is 5.